The first-order chi connectivity index (χ1) is 13.0. The number of imide groups is 1. The smallest absolute Gasteiger partial charge is 0.255 e. The van der Waals surface area contributed by atoms with Gasteiger partial charge in [0.05, 0.1) is 6.61 Å². The summed E-state index contributed by atoms with van der Waals surface area (Å²) in [5.74, 6) is -0.815. The summed E-state index contributed by atoms with van der Waals surface area (Å²) in [6, 6.07) is 5.66. The SMILES string of the molecule is O=C1CCC(N2Cc3cc(CN[C@@H]4CN[C@H](CO)C4)ccc3C2=O)C(=O)N1. The van der Waals surface area contributed by atoms with E-state index in [1.165, 1.54) is 0 Å². The minimum Gasteiger partial charge on any atom is -0.395 e. The van der Waals surface area contributed by atoms with Gasteiger partial charge in [-0.2, -0.15) is 0 Å². The highest BCUT2D eigenvalue weighted by atomic mass is 16.3. The number of hydrogen-bond acceptors (Lipinski definition) is 6. The molecule has 8 nitrogen and oxygen atoms in total. The maximum Gasteiger partial charge on any atom is 0.255 e. The molecule has 8 heteroatoms. The van der Waals surface area contributed by atoms with Crippen molar-refractivity contribution in [3.63, 3.8) is 0 Å². The number of nitrogens with one attached hydrogen (secondary N) is 3. The Morgan fingerprint density at radius 3 is 2.85 bits per heavy atom. The summed E-state index contributed by atoms with van der Waals surface area (Å²) in [5, 5.41) is 18.3. The molecule has 0 bridgehead atoms. The van der Waals surface area contributed by atoms with Crippen LogP contribution in [0.2, 0.25) is 0 Å². The molecule has 2 saturated heterocycles. The van der Waals surface area contributed by atoms with Crippen LogP contribution in [0.25, 0.3) is 0 Å². The molecule has 4 rings (SSSR count). The highest BCUT2D eigenvalue weighted by Gasteiger charge is 2.39. The zero-order chi connectivity index (χ0) is 19.0. The summed E-state index contributed by atoms with van der Waals surface area (Å²) < 4.78 is 0. The summed E-state index contributed by atoms with van der Waals surface area (Å²) >= 11 is 0. The van der Waals surface area contributed by atoms with Crippen molar-refractivity contribution in [3.05, 3.63) is 34.9 Å². The third-order valence-electron chi connectivity index (χ3n) is 5.63. The molecule has 3 aliphatic heterocycles. The zero-order valence-electron chi connectivity index (χ0n) is 15.0. The molecule has 0 aliphatic carbocycles. The Kier molecular flexibility index (Phi) is 4.94. The first kappa shape index (κ1) is 18.1. The Hall–Kier alpha value is -2.29. The van der Waals surface area contributed by atoms with Crippen LogP contribution in [0.4, 0.5) is 0 Å². The second-order valence-electron chi connectivity index (χ2n) is 7.49. The number of carbonyl (C=O) groups is 3. The van der Waals surface area contributed by atoms with Gasteiger partial charge >= 0.3 is 0 Å². The maximum atomic E-state index is 12.7. The van der Waals surface area contributed by atoms with E-state index in [0.717, 1.165) is 24.1 Å². The number of aliphatic hydroxyl groups excluding tert-OH is 1. The molecule has 3 atom stereocenters. The van der Waals surface area contributed by atoms with E-state index in [2.05, 4.69) is 16.0 Å². The van der Waals surface area contributed by atoms with Gasteiger partial charge in [0.25, 0.3) is 5.91 Å². The largest absolute Gasteiger partial charge is 0.395 e. The molecule has 3 amide bonds. The van der Waals surface area contributed by atoms with Crippen molar-refractivity contribution < 1.29 is 19.5 Å². The lowest BCUT2D eigenvalue weighted by Crippen LogP contribution is -2.52. The topological polar surface area (TPSA) is 111 Å². The standard InChI is InChI=1S/C19H24N4O4/c24-10-14-6-13(8-21-14)20-7-11-1-2-15-12(5-11)9-23(19(15)27)16-3-4-17(25)22-18(16)26/h1-2,5,13-14,16,20-21,24H,3-4,6-10H2,(H,22,25,26)/t13-,14-,16?/m0/s1. The lowest BCUT2D eigenvalue weighted by Gasteiger charge is -2.29. The highest BCUT2D eigenvalue weighted by Crippen LogP contribution is 2.28. The molecule has 3 aliphatic rings. The lowest BCUT2D eigenvalue weighted by atomic mass is 10.0. The van der Waals surface area contributed by atoms with E-state index in [0.29, 0.717) is 31.1 Å². The van der Waals surface area contributed by atoms with E-state index >= 15 is 0 Å². The predicted octanol–water partition coefficient (Wildman–Crippen LogP) is -0.740. The monoisotopic (exact) mass is 372 g/mol. The Balaban J connectivity index is 1.40. The summed E-state index contributed by atoms with van der Waals surface area (Å²) in [6.07, 6.45) is 1.53. The molecule has 1 unspecified atom stereocenters. The van der Waals surface area contributed by atoms with Gasteiger partial charge in [-0.25, -0.2) is 0 Å². The van der Waals surface area contributed by atoms with Crippen molar-refractivity contribution in [1.82, 2.24) is 20.9 Å². The molecule has 3 heterocycles. The molecule has 0 aromatic heterocycles. The number of nitrogens with zero attached hydrogens (tertiary/aromatic N) is 1. The average Bonchev–Trinajstić information content (AvgIpc) is 3.24. The molecule has 4 N–H and O–H groups in total. The second kappa shape index (κ2) is 7.38. The van der Waals surface area contributed by atoms with Crippen LogP contribution < -0.4 is 16.0 Å². The quantitative estimate of drug-likeness (QED) is 0.507. The summed E-state index contributed by atoms with van der Waals surface area (Å²) in [5.41, 5.74) is 2.63. The number of hydrogen-bond donors (Lipinski definition) is 4. The fourth-order valence-electron chi connectivity index (χ4n) is 4.11. The third kappa shape index (κ3) is 3.60. The predicted molar refractivity (Wildman–Crippen MR) is 96.6 cm³/mol. The fourth-order valence-corrected chi connectivity index (χ4v) is 4.11. The first-order valence-corrected chi connectivity index (χ1v) is 9.39. The molecule has 1 aromatic rings. The maximum absolute atomic E-state index is 12.7. The molecular formula is C19H24N4O4. The zero-order valence-corrected chi connectivity index (χ0v) is 15.0. The van der Waals surface area contributed by atoms with Crippen LogP contribution in [0.1, 0.15) is 40.7 Å². The van der Waals surface area contributed by atoms with Crippen LogP contribution in [0.3, 0.4) is 0 Å². The molecule has 27 heavy (non-hydrogen) atoms. The van der Waals surface area contributed by atoms with Crippen LogP contribution in [0.15, 0.2) is 18.2 Å². The average molecular weight is 372 g/mol. The van der Waals surface area contributed by atoms with Gasteiger partial charge < -0.3 is 20.6 Å². The van der Waals surface area contributed by atoms with Gasteiger partial charge in [-0.05, 0) is 30.0 Å². The minimum absolute atomic E-state index is 0.148. The normalized spacial score (nSPS) is 27.8. The summed E-state index contributed by atoms with van der Waals surface area (Å²) in [7, 11) is 0. The molecule has 0 radical (unpaired) electrons. The van der Waals surface area contributed by atoms with Gasteiger partial charge in [0.2, 0.25) is 11.8 Å². The van der Waals surface area contributed by atoms with E-state index < -0.39 is 6.04 Å². The van der Waals surface area contributed by atoms with Crippen LogP contribution in [-0.2, 0) is 22.7 Å². The number of fused-ring (bicyclic) bond motifs is 1. The minimum atomic E-state index is -0.579. The Bertz CT molecular complexity index is 781. The van der Waals surface area contributed by atoms with Crippen molar-refractivity contribution >= 4 is 17.7 Å². The van der Waals surface area contributed by atoms with E-state index in [-0.39, 0.29) is 36.8 Å². The highest BCUT2D eigenvalue weighted by molar-refractivity contribution is 6.05. The molecule has 144 valence electrons. The number of carbonyl (C=O) groups excluding carboxylic acids is 3. The van der Waals surface area contributed by atoms with Crippen LogP contribution in [0, 0.1) is 0 Å². The second-order valence-corrected chi connectivity index (χ2v) is 7.49. The number of aliphatic hydroxyl groups is 1. The summed E-state index contributed by atoms with van der Waals surface area (Å²) in [6.45, 7) is 2.06. The van der Waals surface area contributed by atoms with Crippen molar-refractivity contribution in [2.45, 2.75) is 50.5 Å². The number of amides is 3. The van der Waals surface area contributed by atoms with Gasteiger partial charge in [-0.15, -0.1) is 0 Å². The molecule has 0 spiro atoms. The number of benzene rings is 1. The van der Waals surface area contributed by atoms with Gasteiger partial charge in [-0.3, -0.25) is 19.7 Å². The van der Waals surface area contributed by atoms with E-state index in [1.54, 1.807) is 4.90 Å². The van der Waals surface area contributed by atoms with Crippen LogP contribution in [0.5, 0.6) is 0 Å². The molecule has 0 saturated carbocycles. The van der Waals surface area contributed by atoms with E-state index in [4.69, 9.17) is 0 Å². The third-order valence-corrected chi connectivity index (χ3v) is 5.63. The van der Waals surface area contributed by atoms with E-state index in [1.807, 2.05) is 18.2 Å². The van der Waals surface area contributed by atoms with Gasteiger partial charge in [0.15, 0.2) is 0 Å². The fraction of sp³-hybridized carbons (Fsp3) is 0.526. The van der Waals surface area contributed by atoms with Gasteiger partial charge in [0, 0.05) is 43.7 Å². The van der Waals surface area contributed by atoms with Crippen molar-refractivity contribution in [3.8, 4) is 0 Å². The molecule has 1 aromatic carbocycles. The van der Waals surface area contributed by atoms with Gasteiger partial charge in [-0.1, -0.05) is 12.1 Å². The Labute approximate surface area is 157 Å². The van der Waals surface area contributed by atoms with Crippen LogP contribution in [-0.4, -0.2) is 59.0 Å². The molecular weight excluding hydrogens is 348 g/mol. The first-order valence-electron chi connectivity index (χ1n) is 9.39. The number of rotatable bonds is 5. The summed E-state index contributed by atoms with van der Waals surface area (Å²) in [4.78, 5) is 37.7. The van der Waals surface area contributed by atoms with E-state index in [9.17, 15) is 19.5 Å². The lowest BCUT2D eigenvalue weighted by molar-refractivity contribution is -0.136. The van der Waals surface area contributed by atoms with Crippen LogP contribution >= 0.6 is 0 Å². The Morgan fingerprint density at radius 1 is 1.26 bits per heavy atom. The Morgan fingerprint density at radius 2 is 2.11 bits per heavy atom. The molecule has 2 fully saturated rings. The van der Waals surface area contributed by atoms with Crippen molar-refractivity contribution in [2.24, 2.45) is 0 Å². The van der Waals surface area contributed by atoms with Gasteiger partial charge in [0.1, 0.15) is 6.04 Å². The van der Waals surface area contributed by atoms with Crippen molar-refractivity contribution in [1.29, 1.82) is 0 Å². The number of piperidine rings is 1. The van der Waals surface area contributed by atoms with Crippen molar-refractivity contribution in [2.75, 3.05) is 13.2 Å².